The van der Waals surface area contributed by atoms with Crippen LogP contribution in [0.1, 0.15) is 13.3 Å². The highest BCUT2D eigenvalue weighted by atomic mass is 79.9. The maximum Gasteiger partial charge on any atom is 0.219 e. The van der Waals surface area contributed by atoms with Crippen LogP contribution in [0.5, 0.6) is 0 Å². The Balaban J connectivity index is 1.96. The van der Waals surface area contributed by atoms with Crippen LogP contribution in [0.3, 0.4) is 0 Å². The van der Waals surface area contributed by atoms with Crippen LogP contribution < -0.4 is 0 Å². The minimum atomic E-state index is -0.563. The number of amides is 1. The van der Waals surface area contributed by atoms with Gasteiger partial charge in [-0.25, -0.2) is 0 Å². The second-order valence-electron chi connectivity index (χ2n) is 5.11. The van der Waals surface area contributed by atoms with Gasteiger partial charge in [0, 0.05) is 25.9 Å². The summed E-state index contributed by atoms with van der Waals surface area (Å²) in [7, 11) is 1.77. The average Bonchev–Trinajstić information content (AvgIpc) is 3.05. The van der Waals surface area contributed by atoms with Gasteiger partial charge in [-0.3, -0.25) is 9.59 Å². The molecule has 17 heavy (non-hydrogen) atoms. The fraction of sp³-hybridized carbons (Fsp3) is 0.667. The van der Waals surface area contributed by atoms with E-state index in [9.17, 15) is 9.59 Å². The van der Waals surface area contributed by atoms with Crippen LogP contribution in [-0.4, -0.2) is 41.9 Å². The summed E-state index contributed by atoms with van der Waals surface area (Å²) < 4.78 is 6.48. The molecule has 1 aliphatic heterocycles. The third-order valence-electron chi connectivity index (χ3n) is 4.30. The SMILES string of the molecule is CC(=O)N(C)[C@@H]1CC2C(Br)=CC1C(=O)[C@]21CO1. The summed E-state index contributed by atoms with van der Waals surface area (Å²) in [5.74, 6) is 0.0262. The number of carbonyl (C=O) groups excluding carboxylic acids is 2. The molecule has 2 unspecified atom stereocenters. The number of hydrogen-bond acceptors (Lipinski definition) is 3. The normalized spacial score (nSPS) is 42.6. The number of Topliss-reactive ketones (excluding diaryl/α,β-unsaturated/α-hetero) is 1. The van der Waals surface area contributed by atoms with E-state index in [4.69, 9.17) is 4.74 Å². The minimum Gasteiger partial charge on any atom is -0.361 e. The summed E-state index contributed by atoms with van der Waals surface area (Å²) in [6, 6.07) is -0.0128. The molecule has 0 radical (unpaired) electrons. The van der Waals surface area contributed by atoms with Crippen molar-refractivity contribution in [1.29, 1.82) is 0 Å². The van der Waals surface area contributed by atoms with E-state index in [1.54, 1.807) is 11.9 Å². The maximum absolute atomic E-state index is 12.3. The molecule has 2 fully saturated rings. The van der Waals surface area contributed by atoms with E-state index < -0.39 is 5.60 Å². The van der Waals surface area contributed by atoms with Gasteiger partial charge in [0.05, 0.1) is 12.5 Å². The highest BCUT2D eigenvalue weighted by Crippen LogP contribution is 2.55. The van der Waals surface area contributed by atoms with Gasteiger partial charge in [0.25, 0.3) is 0 Å². The summed E-state index contributed by atoms with van der Waals surface area (Å²) in [5, 5.41) is 0. The van der Waals surface area contributed by atoms with Gasteiger partial charge in [-0.05, 0) is 10.9 Å². The molecule has 2 bridgehead atoms. The highest BCUT2D eigenvalue weighted by molar-refractivity contribution is 9.11. The molecular formula is C12H14BrNO3. The summed E-state index contributed by atoms with van der Waals surface area (Å²) in [4.78, 5) is 25.4. The van der Waals surface area contributed by atoms with Crippen LogP contribution in [-0.2, 0) is 14.3 Å². The van der Waals surface area contributed by atoms with E-state index in [0.29, 0.717) is 6.61 Å². The van der Waals surface area contributed by atoms with E-state index in [1.165, 1.54) is 6.92 Å². The van der Waals surface area contributed by atoms with Crippen molar-refractivity contribution in [3.8, 4) is 0 Å². The monoisotopic (exact) mass is 299 g/mol. The van der Waals surface area contributed by atoms with E-state index in [1.807, 2.05) is 6.08 Å². The van der Waals surface area contributed by atoms with Gasteiger partial charge in [-0.2, -0.15) is 0 Å². The van der Waals surface area contributed by atoms with E-state index in [0.717, 1.165) is 10.9 Å². The number of nitrogens with zero attached hydrogens (tertiary/aromatic N) is 1. The lowest BCUT2D eigenvalue weighted by molar-refractivity contribution is -0.140. The molecule has 92 valence electrons. The zero-order valence-electron chi connectivity index (χ0n) is 9.77. The Labute approximate surface area is 108 Å². The van der Waals surface area contributed by atoms with Crippen LogP contribution in [0, 0.1) is 11.8 Å². The number of fused-ring (bicyclic) bond motifs is 1. The molecule has 4 aliphatic rings. The Hall–Kier alpha value is -0.680. The van der Waals surface area contributed by atoms with Crippen molar-refractivity contribution in [3.05, 3.63) is 10.6 Å². The molecule has 0 aromatic heterocycles. The van der Waals surface area contributed by atoms with Crippen molar-refractivity contribution < 1.29 is 14.3 Å². The molecule has 1 saturated carbocycles. The maximum atomic E-state index is 12.3. The smallest absolute Gasteiger partial charge is 0.219 e. The zero-order valence-corrected chi connectivity index (χ0v) is 11.4. The van der Waals surface area contributed by atoms with Gasteiger partial charge < -0.3 is 9.64 Å². The molecule has 4 atom stereocenters. The number of rotatable bonds is 1. The van der Waals surface area contributed by atoms with Gasteiger partial charge in [0.1, 0.15) is 0 Å². The van der Waals surface area contributed by atoms with E-state index in [-0.39, 0.29) is 29.6 Å². The van der Waals surface area contributed by atoms with Crippen LogP contribution in [0.4, 0.5) is 0 Å². The van der Waals surface area contributed by atoms with Gasteiger partial charge in [0.2, 0.25) is 5.91 Å². The molecule has 1 amide bonds. The first-order chi connectivity index (χ1) is 7.97. The third-order valence-corrected chi connectivity index (χ3v) is 5.11. The second kappa shape index (κ2) is 3.42. The van der Waals surface area contributed by atoms with Gasteiger partial charge in [0.15, 0.2) is 11.4 Å². The molecule has 0 aromatic carbocycles. The Bertz CT molecular complexity index is 441. The number of ether oxygens (including phenoxy) is 1. The molecule has 1 saturated heterocycles. The summed E-state index contributed by atoms with van der Waals surface area (Å²) >= 11 is 3.53. The standard InChI is InChI=1S/C12H14BrNO3/c1-6(15)14(2)10-4-8-9(13)3-7(10)11(16)12(8)5-17-12/h3,7-8,10H,4-5H2,1-2H3/t7?,8?,10-,12+/m1/s1. The molecule has 1 spiro atoms. The number of halogens is 1. The fourth-order valence-corrected chi connectivity index (χ4v) is 3.91. The van der Waals surface area contributed by atoms with Crippen molar-refractivity contribution in [3.63, 3.8) is 0 Å². The number of epoxide rings is 1. The quantitative estimate of drug-likeness (QED) is 0.681. The first-order valence-electron chi connectivity index (χ1n) is 5.76. The Morgan fingerprint density at radius 2 is 2.29 bits per heavy atom. The zero-order chi connectivity index (χ0) is 12.4. The summed E-state index contributed by atoms with van der Waals surface area (Å²) in [5.41, 5.74) is -0.563. The molecule has 1 heterocycles. The highest BCUT2D eigenvalue weighted by Gasteiger charge is 2.66. The fourth-order valence-electron chi connectivity index (χ4n) is 3.07. The number of carbonyl (C=O) groups is 2. The van der Waals surface area contributed by atoms with Crippen LogP contribution in [0.15, 0.2) is 10.6 Å². The lowest BCUT2D eigenvalue weighted by Gasteiger charge is -2.45. The van der Waals surface area contributed by atoms with Crippen LogP contribution in [0.25, 0.3) is 0 Å². The molecular weight excluding hydrogens is 286 g/mol. The number of ketones is 1. The molecule has 4 rings (SSSR count). The second-order valence-corrected chi connectivity index (χ2v) is 6.02. The minimum absolute atomic E-state index is 0.00522. The van der Waals surface area contributed by atoms with Gasteiger partial charge >= 0.3 is 0 Å². The van der Waals surface area contributed by atoms with Crippen molar-refractivity contribution >= 4 is 27.6 Å². The van der Waals surface area contributed by atoms with Crippen molar-refractivity contribution in [1.82, 2.24) is 4.90 Å². The summed E-state index contributed by atoms with van der Waals surface area (Å²) in [6.07, 6.45) is 2.76. The number of hydrogen-bond donors (Lipinski definition) is 0. The Morgan fingerprint density at radius 1 is 1.65 bits per heavy atom. The van der Waals surface area contributed by atoms with E-state index in [2.05, 4.69) is 15.9 Å². The first kappa shape index (κ1) is 11.4. The van der Waals surface area contributed by atoms with E-state index >= 15 is 0 Å². The predicted octanol–water partition coefficient (Wildman–Crippen LogP) is 1.10. The topological polar surface area (TPSA) is 49.9 Å². The molecule has 4 nitrogen and oxygen atoms in total. The third kappa shape index (κ3) is 1.38. The van der Waals surface area contributed by atoms with Crippen LogP contribution >= 0.6 is 15.9 Å². The molecule has 0 aromatic rings. The van der Waals surface area contributed by atoms with Gasteiger partial charge in [-0.15, -0.1) is 0 Å². The Morgan fingerprint density at radius 3 is 2.82 bits per heavy atom. The van der Waals surface area contributed by atoms with Crippen LogP contribution in [0.2, 0.25) is 0 Å². The van der Waals surface area contributed by atoms with Gasteiger partial charge in [-0.1, -0.05) is 22.0 Å². The molecule has 3 aliphatic carbocycles. The average molecular weight is 300 g/mol. The molecule has 5 heteroatoms. The van der Waals surface area contributed by atoms with Crippen molar-refractivity contribution in [2.45, 2.75) is 25.0 Å². The lowest BCUT2D eigenvalue weighted by atomic mass is 9.65. The largest absolute Gasteiger partial charge is 0.361 e. The summed E-state index contributed by atoms with van der Waals surface area (Å²) in [6.45, 7) is 2.07. The Kier molecular flexibility index (Phi) is 2.29. The van der Waals surface area contributed by atoms with Crippen molar-refractivity contribution in [2.75, 3.05) is 13.7 Å². The molecule has 0 N–H and O–H groups in total. The first-order valence-corrected chi connectivity index (χ1v) is 6.55. The predicted molar refractivity (Wildman–Crippen MR) is 64.5 cm³/mol. The lowest BCUT2D eigenvalue weighted by Crippen LogP contribution is -2.57. The van der Waals surface area contributed by atoms with Crippen molar-refractivity contribution in [2.24, 2.45) is 11.8 Å².